The van der Waals surface area contributed by atoms with E-state index in [9.17, 15) is 0 Å². The van der Waals surface area contributed by atoms with E-state index in [4.69, 9.17) is 4.74 Å². The van der Waals surface area contributed by atoms with Gasteiger partial charge >= 0.3 is 0 Å². The molecule has 0 aromatic rings. The normalized spacial score (nSPS) is 14.5. The predicted molar refractivity (Wildman–Crippen MR) is 48.8 cm³/mol. The van der Waals surface area contributed by atoms with E-state index in [-0.39, 0.29) is 0 Å². The van der Waals surface area contributed by atoms with Crippen LogP contribution >= 0.6 is 0 Å². The molecule has 1 atom stereocenters. The third-order valence-electron chi connectivity index (χ3n) is 1.91. The molecule has 0 rings (SSSR count). The van der Waals surface area contributed by atoms with Crippen LogP contribution in [0.5, 0.6) is 0 Å². The molecule has 0 saturated carbocycles. The van der Waals surface area contributed by atoms with E-state index in [1.807, 2.05) is 0 Å². The smallest absolute Gasteiger partial charge is 0.0606 e. The SMILES string of the molecule is COC(CCN(C)C)C(C)C. The molecule has 0 amide bonds. The first-order chi connectivity index (χ1) is 5.07. The van der Waals surface area contributed by atoms with Gasteiger partial charge in [-0.25, -0.2) is 0 Å². The minimum Gasteiger partial charge on any atom is -0.381 e. The van der Waals surface area contributed by atoms with Crippen LogP contribution < -0.4 is 0 Å². The lowest BCUT2D eigenvalue weighted by Crippen LogP contribution is -2.24. The fourth-order valence-electron chi connectivity index (χ4n) is 1.11. The van der Waals surface area contributed by atoms with Gasteiger partial charge in [0.2, 0.25) is 0 Å². The van der Waals surface area contributed by atoms with Crippen LogP contribution in [0.1, 0.15) is 20.3 Å². The van der Waals surface area contributed by atoms with Gasteiger partial charge in [-0.15, -0.1) is 0 Å². The Morgan fingerprint density at radius 1 is 1.27 bits per heavy atom. The lowest BCUT2D eigenvalue weighted by atomic mass is 10.0. The Labute approximate surface area is 70.5 Å². The van der Waals surface area contributed by atoms with Crippen molar-refractivity contribution < 1.29 is 4.74 Å². The molecule has 0 aliphatic rings. The summed E-state index contributed by atoms with van der Waals surface area (Å²) in [5, 5.41) is 0. The van der Waals surface area contributed by atoms with Crippen molar-refractivity contribution in [2.45, 2.75) is 26.4 Å². The molecule has 0 aliphatic heterocycles. The second-order valence-corrected chi connectivity index (χ2v) is 3.61. The quantitative estimate of drug-likeness (QED) is 0.604. The summed E-state index contributed by atoms with van der Waals surface area (Å²) >= 11 is 0. The van der Waals surface area contributed by atoms with Gasteiger partial charge in [-0.1, -0.05) is 13.8 Å². The molecule has 0 fully saturated rings. The van der Waals surface area contributed by atoms with Gasteiger partial charge in [0.05, 0.1) is 6.10 Å². The van der Waals surface area contributed by atoms with Crippen LogP contribution in [0.2, 0.25) is 0 Å². The first-order valence-electron chi connectivity index (χ1n) is 4.25. The summed E-state index contributed by atoms with van der Waals surface area (Å²) < 4.78 is 5.34. The predicted octanol–water partition coefficient (Wildman–Crippen LogP) is 1.61. The lowest BCUT2D eigenvalue weighted by Gasteiger charge is -2.20. The van der Waals surface area contributed by atoms with Gasteiger partial charge in [0.25, 0.3) is 0 Å². The molecular formula is C9H21NO. The second kappa shape index (κ2) is 5.56. The summed E-state index contributed by atoms with van der Waals surface area (Å²) in [5.74, 6) is 0.625. The number of hydrogen-bond donors (Lipinski definition) is 0. The van der Waals surface area contributed by atoms with Crippen molar-refractivity contribution in [1.29, 1.82) is 0 Å². The highest BCUT2D eigenvalue weighted by molar-refractivity contribution is 4.62. The fraction of sp³-hybridized carbons (Fsp3) is 1.00. The van der Waals surface area contributed by atoms with E-state index in [0.29, 0.717) is 12.0 Å². The molecule has 68 valence electrons. The molecule has 2 nitrogen and oxygen atoms in total. The van der Waals surface area contributed by atoms with Gasteiger partial charge in [-0.05, 0) is 33.0 Å². The molecule has 0 spiro atoms. The van der Waals surface area contributed by atoms with E-state index in [2.05, 4.69) is 32.8 Å². The van der Waals surface area contributed by atoms with Crippen LogP contribution in [0, 0.1) is 5.92 Å². The Hall–Kier alpha value is -0.0800. The van der Waals surface area contributed by atoms with Gasteiger partial charge in [0.1, 0.15) is 0 Å². The Kier molecular flexibility index (Phi) is 5.51. The Morgan fingerprint density at radius 2 is 1.82 bits per heavy atom. The number of rotatable bonds is 5. The van der Waals surface area contributed by atoms with Crippen molar-refractivity contribution in [1.82, 2.24) is 4.90 Å². The van der Waals surface area contributed by atoms with Crippen molar-refractivity contribution in [2.24, 2.45) is 5.92 Å². The molecule has 0 bridgehead atoms. The number of hydrogen-bond acceptors (Lipinski definition) is 2. The zero-order chi connectivity index (χ0) is 8.85. The van der Waals surface area contributed by atoms with E-state index in [1.165, 1.54) is 0 Å². The van der Waals surface area contributed by atoms with Crippen LogP contribution in [0.15, 0.2) is 0 Å². The van der Waals surface area contributed by atoms with Crippen LogP contribution in [0.4, 0.5) is 0 Å². The number of nitrogens with zero attached hydrogens (tertiary/aromatic N) is 1. The fourth-order valence-corrected chi connectivity index (χ4v) is 1.11. The van der Waals surface area contributed by atoms with Gasteiger partial charge in [-0.2, -0.15) is 0 Å². The first kappa shape index (κ1) is 10.9. The largest absolute Gasteiger partial charge is 0.381 e. The third-order valence-corrected chi connectivity index (χ3v) is 1.91. The summed E-state index contributed by atoms with van der Waals surface area (Å²) in [7, 11) is 5.97. The Bertz CT molecular complexity index is 91.6. The molecule has 0 N–H and O–H groups in total. The molecule has 0 aliphatic carbocycles. The lowest BCUT2D eigenvalue weighted by molar-refractivity contribution is 0.0526. The first-order valence-corrected chi connectivity index (χ1v) is 4.25. The minimum atomic E-state index is 0.414. The zero-order valence-electron chi connectivity index (χ0n) is 8.42. The summed E-state index contributed by atoms with van der Waals surface area (Å²) in [6, 6.07) is 0. The molecule has 0 aromatic carbocycles. The highest BCUT2D eigenvalue weighted by atomic mass is 16.5. The average molecular weight is 159 g/mol. The van der Waals surface area contributed by atoms with Crippen LogP contribution in [-0.2, 0) is 4.74 Å². The second-order valence-electron chi connectivity index (χ2n) is 3.61. The Morgan fingerprint density at radius 3 is 2.09 bits per heavy atom. The van der Waals surface area contributed by atoms with Crippen molar-refractivity contribution in [3.05, 3.63) is 0 Å². The van der Waals surface area contributed by atoms with Gasteiger partial charge in [0.15, 0.2) is 0 Å². The topological polar surface area (TPSA) is 12.5 Å². The summed E-state index contributed by atoms with van der Waals surface area (Å²) in [6.45, 7) is 5.50. The summed E-state index contributed by atoms with van der Waals surface area (Å²) in [5.41, 5.74) is 0. The molecular weight excluding hydrogens is 138 g/mol. The third kappa shape index (κ3) is 5.22. The molecule has 0 heterocycles. The molecule has 0 aromatic heterocycles. The maximum absolute atomic E-state index is 5.34. The van der Waals surface area contributed by atoms with Gasteiger partial charge in [-0.3, -0.25) is 0 Å². The maximum atomic E-state index is 5.34. The van der Waals surface area contributed by atoms with Crippen LogP contribution in [-0.4, -0.2) is 38.8 Å². The van der Waals surface area contributed by atoms with Crippen molar-refractivity contribution >= 4 is 0 Å². The van der Waals surface area contributed by atoms with Crippen LogP contribution in [0.25, 0.3) is 0 Å². The molecule has 2 heteroatoms. The highest BCUT2D eigenvalue weighted by Gasteiger charge is 2.11. The van der Waals surface area contributed by atoms with Gasteiger partial charge in [0, 0.05) is 7.11 Å². The average Bonchev–Trinajstić information content (AvgIpc) is 1.87. The highest BCUT2D eigenvalue weighted by Crippen LogP contribution is 2.09. The van der Waals surface area contributed by atoms with E-state index >= 15 is 0 Å². The molecule has 0 radical (unpaired) electrons. The number of ether oxygens (including phenoxy) is 1. The zero-order valence-corrected chi connectivity index (χ0v) is 8.42. The van der Waals surface area contributed by atoms with Crippen molar-refractivity contribution in [3.63, 3.8) is 0 Å². The minimum absolute atomic E-state index is 0.414. The van der Waals surface area contributed by atoms with Crippen molar-refractivity contribution in [2.75, 3.05) is 27.7 Å². The summed E-state index contributed by atoms with van der Waals surface area (Å²) in [4.78, 5) is 2.19. The molecule has 1 unspecified atom stereocenters. The Balaban J connectivity index is 3.52. The summed E-state index contributed by atoms with van der Waals surface area (Å²) in [6.07, 6.45) is 1.54. The standard InChI is InChI=1S/C9H21NO/c1-8(2)9(11-5)6-7-10(3)4/h8-9H,6-7H2,1-5H3. The monoisotopic (exact) mass is 159 g/mol. The van der Waals surface area contributed by atoms with E-state index in [0.717, 1.165) is 13.0 Å². The van der Waals surface area contributed by atoms with Crippen LogP contribution in [0.3, 0.4) is 0 Å². The van der Waals surface area contributed by atoms with Crippen molar-refractivity contribution in [3.8, 4) is 0 Å². The molecule has 0 saturated heterocycles. The van der Waals surface area contributed by atoms with E-state index in [1.54, 1.807) is 7.11 Å². The maximum Gasteiger partial charge on any atom is 0.0606 e. The number of methoxy groups -OCH3 is 1. The van der Waals surface area contributed by atoms with Gasteiger partial charge < -0.3 is 9.64 Å². The molecule has 11 heavy (non-hydrogen) atoms. The van der Waals surface area contributed by atoms with E-state index < -0.39 is 0 Å².